The Kier molecular flexibility index (Phi) is 3.44. The smallest absolute Gasteiger partial charge is 0.160 e. The number of ether oxygens (including phenoxy) is 1. The van der Waals surface area contributed by atoms with E-state index in [0.29, 0.717) is 6.61 Å². The Morgan fingerprint density at radius 3 is 2.48 bits per heavy atom. The molecule has 0 saturated carbocycles. The van der Waals surface area contributed by atoms with Crippen LogP contribution in [0.5, 0.6) is 5.75 Å². The fourth-order valence-electron chi connectivity index (χ4n) is 2.39. The highest BCUT2D eigenvalue weighted by Gasteiger charge is 2.02. The normalized spacial score (nSPS) is 10.8. The highest BCUT2D eigenvalue weighted by atomic mass is 16.5. The Balaban J connectivity index is 1.51. The van der Waals surface area contributed by atoms with Crippen LogP contribution >= 0.6 is 0 Å². The van der Waals surface area contributed by atoms with E-state index in [1.807, 2.05) is 59.1 Å². The van der Waals surface area contributed by atoms with E-state index < -0.39 is 0 Å². The molecule has 5 heteroatoms. The van der Waals surface area contributed by atoms with Crippen LogP contribution in [0.15, 0.2) is 73.4 Å². The van der Waals surface area contributed by atoms with Gasteiger partial charge in [-0.25, -0.2) is 0 Å². The van der Waals surface area contributed by atoms with Crippen LogP contribution in [0.4, 0.5) is 0 Å². The summed E-state index contributed by atoms with van der Waals surface area (Å²) in [6.45, 7) is 0.536. The van der Waals surface area contributed by atoms with Gasteiger partial charge in [-0.2, -0.15) is 0 Å². The SMILES string of the molecule is c1cc(COc2ccc(-c3ccc4nncn4c3)cc2)ccn1. The molecule has 0 aliphatic rings. The maximum Gasteiger partial charge on any atom is 0.160 e. The number of pyridine rings is 2. The fraction of sp³-hybridized carbons (Fsp3) is 0.0556. The number of hydrogen-bond donors (Lipinski definition) is 0. The molecule has 0 atom stereocenters. The summed E-state index contributed by atoms with van der Waals surface area (Å²) in [5, 5.41) is 7.90. The lowest BCUT2D eigenvalue weighted by Crippen LogP contribution is -1.95. The summed E-state index contributed by atoms with van der Waals surface area (Å²) in [6.07, 6.45) is 7.25. The molecular weight excluding hydrogens is 288 g/mol. The molecule has 23 heavy (non-hydrogen) atoms. The molecule has 0 N–H and O–H groups in total. The summed E-state index contributed by atoms with van der Waals surface area (Å²) in [4.78, 5) is 4.00. The number of rotatable bonds is 4. The fourth-order valence-corrected chi connectivity index (χ4v) is 2.39. The summed E-state index contributed by atoms with van der Waals surface area (Å²) in [5.74, 6) is 0.843. The predicted molar refractivity (Wildman–Crippen MR) is 87.0 cm³/mol. The minimum Gasteiger partial charge on any atom is -0.489 e. The number of hydrogen-bond acceptors (Lipinski definition) is 4. The van der Waals surface area contributed by atoms with Gasteiger partial charge in [0.2, 0.25) is 0 Å². The maximum absolute atomic E-state index is 5.79. The highest BCUT2D eigenvalue weighted by molar-refractivity contribution is 5.65. The molecule has 0 fully saturated rings. The first-order valence-corrected chi connectivity index (χ1v) is 7.30. The van der Waals surface area contributed by atoms with Crippen molar-refractivity contribution in [2.75, 3.05) is 0 Å². The zero-order valence-corrected chi connectivity index (χ0v) is 12.3. The van der Waals surface area contributed by atoms with Crippen LogP contribution in [-0.2, 0) is 6.61 Å². The molecular formula is C18H14N4O. The van der Waals surface area contributed by atoms with Crippen molar-refractivity contribution in [3.8, 4) is 16.9 Å². The van der Waals surface area contributed by atoms with E-state index in [1.54, 1.807) is 18.7 Å². The minimum atomic E-state index is 0.536. The second-order valence-corrected chi connectivity index (χ2v) is 5.18. The quantitative estimate of drug-likeness (QED) is 0.580. The number of fused-ring (bicyclic) bond motifs is 1. The van der Waals surface area contributed by atoms with Crippen LogP contribution in [0, 0.1) is 0 Å². The van der Waals surface area contributed by atoms with Crippen LogP contribution in [-0.4, -0.2) is 19.6 Å². The summed E-state index contributed by atoms with van der Waals surface area (Å²) >= 11 is 0. The third-order valence-corrected chi connectivity index (χ3v) is 3.63. The standard InChI is InChI=1S/C18H14N4O/c1-4-17(23-12-14-7-9-19-10-8-14)5-2-15(1)16-3-6-18-21-20-13-22(18)11-16/h1-11,13H,12H2. The Labute approximate surface area is 133 Å². The lowest BCUT2D eigenvalue weighted by Gasteiger charge is -2.07. The van der Waals surface area contributed by atoms with E-state index in [2.05, 4.69) is 15.2 Å². The average Bonchev–Trinajstić information content (AvgIpc) is 3.09. The average molecular weight is 302 g/mol. The van der Waals surface area contributed by atoms with Gasteiger partial charge in [-0.1, -0.05) is 12.1 Å². The molecule has 4 aromatic rings. The summed E-state index contributed by atoms with van der Waals surface area (Å²) in [7, 11) is 0. The maximum atomic E-state index is 5.79. The van der Waals surface area contributed by atoms with Gasteiger partial charge in [0, 0.05) is 18.6 Å². The predicted octanol–water partition coefficient (Wildman–Crippen LogP) is 3.37. The van der Waals surface area contributed by atoms with Crippen LogP contribution in [0.1, 0.15) is 5.56 Å². The number of benzene rings is 1. The van der Waals surface area contributed by atoms with Gasteiger partial charge in [0.05, 0.1) is 0 Å². The molecule has 0 amide bonds. The first-order valence-electron chi connectivity index (χ1n) is 7.30. The second kappa shape index (κ2) is 5.88. The first kappa shape index (κ1) is 13.5. The van der Waals surface area contributed by atoms with Gasteiger partial charge in [-0.3, -0.25) is 9.38 Å². The van der Waals surface area contributed by atoms with Gasteiger partial charge in [-0.15, -0.1) is 10.2 Å². The lowest BCUT2D eigenvalue weighted by molar-refractivity contribution is 0.306. The van der Waals surface area contributed by atoms with Gasteiger partial charge in [0.25, 0.3) is 0 Å². The van der Waals surface area contributed by atoms with Crippen molar-refractivity contribution < 1.29 is 4.74 Å². The minimum absolute atomic E-state index is 0.536. The molecule has 0 saturated heterocycles. The molecule has 0 radical (unpaired) electrons. The van der Waals surface area contributed by atoms with Crippen LogP contribution in [0.2, 0.25) is 0 Å². The Hall–Kier alpha value is -3.21. The topological polar surface area (TPSA) is 52.3 Å². The van der Waals surface area contributed by atoms with Crippen molar-refractivity contribution in [3.63, 3.8) is 0 Å². The van der Waals surface area contributed by atoms with E-state index in [-0.39, 0.29) is 0 Å². The zero-order valence-electron chi connectivity index (χ0n) is 12.3. The zero-order chi connectivity index (χ0) is 15.5. The van der Waals surface area contributed by atoms with E-state index in [4.69, 9.17) is 4.74 Å². The molecule has 0 aliphatic heterocycles. The monoisotopic (exact) mass is 302 g/mol. The van der Waals surface area contributed by atoms with Crippen molar-refractivity contribution in [2.45, 2.75) is 6.61 Å². The van der Waals surface area contributed by atoms with Crippen molar-refractivity contribution in [3.05, 3.63) is 79.0 Å². The molecule has 3 aromatic heterocycles. The van der Waals surface area contributed by atoms with Crippen molar-refractivity contribution >= 4 is 5.65 Å². The van der Waals surface area contributed by atoms with E-state index >= 15 is 0 Å². The Morgan fingerprint density at radius 1 is 0.870 bits per heavy atom. The van der Waals surface area contributed by atoms with Crippen LogP contribution in [0.3, 0.4) is 0 Å². The summed E-state index contributed by atoms with van der Waals surface area (Å²) in [6, 6.07) is 15.9. The molecule has 0 unspecified atom stereocenters. The van der Waals surface area contributed by atoms with Gasteiger partial charge in [0.1, 0.15) is 18.7 Å². The van der Waals surface area contributed by atoms with Crippen molar-refractivity contribution in [1.29, 1.82) is 0 Å². The van der Waals surface area contributed by atoms with E-state index in [1.165, 1.54) is 0 Å². The van der Waals surface area contributed by atoms with E-state index in [9.17, 15) is 0 Å². The van der Waals surface area contributed by atoms with Crippen molar-refractivity contribution in [2.24, 2.45) is 0 Å². The van der Waals surface area contributed by atoms with Crippen LogP contribution < -0.4 is 4.74 Å². The van der Waals surface area contributed by atoms with Gasteiger partial charge in [0.15, 0.2) is 5.65 Å². The number of aromatic nitrogens is 4. The summed E-state index contributed by atoms with van der Waals surface area (Å²) < 4.78 is 7.69. The summed E-state index contributed by atoms with van der Waals surface area (Å²) in [5.41, 5.74) is 4.17. The van der Waals surface area contributed by atoms with Crippen LogP contribution in [0.25, 0.3) is 16.8 Å². The van der Waals surface area contributed by atoms with Gasteiger partial charge < -0.3 is 4.74 Å². The third kappa shape index (κ3) is 2.89. The molecule has 112 valence electrons. The van der Waals surface area contributed by atoms with Gasteiger partial charge >= 0.3 is 0 Å². The number of nitrogens with zero attached hydrogens (tertiary/aromatic N) is 4. The Bertz CT molecular complexity index is 917. The highest BCUT2D eigenvalue weighted by Crippen LogP contribution is 2.23. The second-order valence-electron chi connectivity index (χ2n) is 5.18. The molecule has 0 spiro atoms. The third-order valence-electron chi connectivity index (χ3n) is 3.63. The largest absolute Gasteiger partial charge is 0.489 e. The molecule has 1 aromatic carbocycles. The van der Waals surface area contributed by atoms with Gasteiger partial charge in [-0.05, 0) is 53.1 Å². The van der Waals surface area contributed by atoms with E-state index in [0.717, 1.165) is 28.1 Å². The van der Waals surface area contributed by atoms with Crippen molar-refractivity contribution in [1.82, 2.24) is 19.6 Å². The first-order chi connectivity index (χ1) is 11.4. The molecule has 4 rings (SSSR count). The Morgan fingerprint density at radius 2 is 1.65 bits per heavy atom. The molecule has 0 bridgehead atoms. The molecule has 0 aliphatic carbocycles. The molecule has 3 heterocycles. The lowest BCUT2D eigenvalue weighted by atomic mass is 10.1. The molecule has 5 nitrogen and oxygen atoms in total.